The quantitative estimate of drug-likeness (QED) is 0.683. The molecule has 0 aliphatic carbocycles. The number of nitrogens with one attached hydrogen (secondary N) is 3. The summed E-state index contributed by atoms with van der Waals surface area (Å²) in [6.07, 6.45) is -3.63. The predicted octanol–water partition coefficient (Wildman–Crippen LogP) is 3.90. The normalized spacial score (nSPS) is 11.0. The van der Waals surface area contributed by atoms with Gasteiger partial charge in [-0.25, -0.2) is 0 Å². The van der Waals surface area contributed by atoms with Gasteiger partial charge in [-0.15, -0.1) is 0 Å². The summed E-state index contributed by atoms with van der Waals surface area (Å²) in [6.45, 7) is 2.42. The first-order valence-electron chi connectivity index (χ1n) is 8.39. The van der Waals surface area contributed by atoms with Crippen molar-refractivity contribution in [2.24, 2.45) is 0 Å². The number of anilines is 2. The maximum Gasteiger partial charge on any atom is 0.416 e. The van der Waals surface area contributed by atoms with Gasteiger partial charge in [-0.3, -0.25) is 9.59 Å². The molecule has 0 aliphatic rings. The Bertz CT molecular complexity index is 790. The molecule has 0 fully saturated rings. The molecule has 0 heterocycles. The van der Waals surface area contributed by atoms with E-state index in [9.17, 15) is 22.8 Å². The van der Waals surface area contributed by atoms with Crippen molar-refractivity contribution in [2.45, 2.75) is 19.5 Å². The molecule has 8 heteroatoms. The van der Waals surface area contributed by atoms with E-state index < -0.39 is 17.6 Å². The average Bonchev–Trinajstić information content (AvgIpc) is 2.64. The van der Waals surface area contributed by atoms with Gasteiger partial charge in [-0.1, -0.05) is 13.0 Å². The lowest BCUT2D eigenvalue weighted by Crippen LogP contribution is -2.24. The SMILES string of the molecule is CCCNC(=O)c1ccc(NCC(=O)Nc2cccc(C(F)(F)F)c2)cc1. The van der Waals surface area contributed by atoms with Gasteiger partial charge in [0.15, 0.2) is 0 Å². The van der Waals surface area contributed by atoms with E-state index in [0.717, 1.165) is 18.6 Å². The summed E-state index contributed by atoms with van der Waals surface area (Å²) in [4.78, 5) is 23.7. The van der Waals surface area contributed by atoms with Gasteiger partial charge in [0.2, 0.25) is 5.91 Å². The minimum atomic E-state index is -4.47. The average molecular weight is 379 g/mol. The van der Waals surface area contributed by atoms with Gasteiger partial charge in [-0.2, -0.15) is 13.2 Å². The fraction of sp³-hybridized carbons (Fsp3) is 0.263. The lowest BCUT2D eigenvalue weighted by Gasteiger charge is -2.11. The van der Waals surface area contributed by atoms with Crippen LogP contribution in [0.25, 0.3) is 0 Å². The number of amides is 2. The second-order valence-electron chi connectivity index (χ2n) is 5.81. The molecular formula is C19H20F3N3O2. The van der Waals surface area contributed by atoms with Crippen molar-refractivity contribution in [1.29, 1.82) is 0 Å². The first-order chi connectivity index (χ1) is 12.8. The van der Waals surface area contributed by atoms with Crippen LogP contribution in [-0.2, 0) is 11.0 Å². The first-order valence-corrected chi connectivity index (χ1v) is 8.39. The molecule has 3 N–H and O–H groups in total. The molecule has 2 amide bonds. The molecule has 2 aromatic rings. The first kappa shape index (κ1) is 20.3. The second-order valence-corrected chi connectivity index (χ2v) is 5.81. The Labute approximate surface area is 155 Å². The highest BCUT2D eigenvalue weighted by Gasteiger charge is 2.30. The predicted molar refractivity (Wildman–Crippen MR) is 97.6 cm³/mol. The molecule has 0 unspecified atom stereocenters. The summed E-state index contributed by atoms with van der Waals surface area (Å²) >= 11 is 0. The minimum Gasteiger partial charge on any atom is -0.376 e. The van der Waals surface area contributed by atoms with Gasteiger partial charge in [-0.05, 0) is 48.9 Å². The number of alkyl halides is 3. The zero-order valence-electron chi connectivity index (χ0n) is 14.7. The van der Waals surface area contributed by atoms with Gasteiger partial charge in [0, 0.05) is 23.5 Å². The zero-order valence-corrected chi connectivity index (χ0v) is 14.7. The van der Waals surface area contributed by atoms with Crippen LogP contribution in [0.5, 0.6) is 0 Å². The van der Waals surface area contributed by atoms with Gasteiger partial charge < -0.3 is 16.0 Å². The maximum atomic E-state index is 12.7. The number of hydrogen-bond donors (Lipinski definition) is 3. The smallest absolute Gasteiger partial charge is 0.376 e. The zero-order chi connectivity index (χ0) is 19.9. The molecular weight excluding hydrogens is 359 g/mol. The molecule has 0 saturated heterocycles. The van der Waals surface area contributed by atoms with Crippen LogP contribution in [-0.4, -0.2) is 24.9 Å². The standard InChI is InChI=1S/C19H20F3N3O2/c1-2-10-23-18(27)13-6-8-15(9-7-13)24-12-17(26)25-16-5-3-4-14(11-16)19(20,21)22/h3-9,11,24H,2,10,12H2,1H3,(H,23,27)(H,25,26). The van der Waals surface area contributed by atoms with E-state index in [0.29, 0.717) is 17.8 Å². The number of carbonyl (C=O) groups excluding carboxylic acids is 2. The third-order valence-corrected chi connectivity index (χ3v) is 3.61. The van der Waals surface area contributed by atoms with E-state index >= 15 is 0 Å². The van der Waals surface area contributed by atoms with Crippen LogP contribution in [0, 0.1) is 0 Å². The molecule has 0 bridgehead atoms. The van der Waals surface area contributed by atoms with Gasteiger partial charge in [0.1, 0.15) is 0 Å². The van der Waals surface area contributed by atoms with Crippen molar-refractivity contribution in [3.8, 4) is 0 Å². The Kier molecular flexibility index (Phi) is 6.81. The van der Waals surface area contributed by atoms with E-state index in [1.54, 1.807) is 24.3 Å². The third-order valence-electron chi connectivity index (χ3n) is 3.61. The summed E-state index contributed by atoms with van der Waals surface area (Å²) in [5, 5.41) is 8.02. The van der Waals surface area contributed by atoms with Crippen LogP contribution >= 0.6 is 0 Å². The molecule has 0 aliphatic heterocycles. The van der Waals surface area contributed by atoms with Crippen LogP contribution in [0.2, 0.25) is 0 Å². The molecule has 5 nitrogen and oxygen atoms in total. The van der Waals surface area contributed by atoms with Gasteiger partial charge in [0.25, 0.3) is 5.91 Å². The molecule has 2 aromatic carbocycles. The van der Waals surface area contributed by atoms with Crippen molar-refractivity contribution in [1.82, 2.24) is 5.32 Å². The van der Waals surface area contributed by atoms with Crippen molar-refractivity contribution >= 4 is 23.2 Å². The molecule has 0 spiro atoms. The van der Waals surface area contributed by atoms with E-state index in [-0.39, 0.29) is 18.1 Å². The van der Waals surface area contributed by atoms with Gasteiger partial charge >= 0.3 is 6.18 Å². The Morgan fingerprint density at radius 2 is 1.70 bits per heavy atom. The third kappa shape index (κ3) is 6.32. The Morgan fingerprint density at radius 3 is 2.33 bits per heavy atom. The van der Waals surface area contributed by atoms with Crippen LogP contribution in [0.1, 0.15) is 29.3 Å². The fourth-order valence-corrected chi connectivity index (χ4v) is 2.24. The number of rotatable bonds is 7. The molecule has 144 valence electrons. The highest BCUT2D eigenvalue weighted by Crippen LogP contribution is 2.30. The number of halogens is 3. The summed E-state index contributed by atoms with van der Waals surface area (Å²) in [6, 6.07) is 11.0. The van der Waals surface area contributed by atoms with Crippen LogP contribution in [0.4, 0.5) is 24.5 Å². The number of benzene rings is 2. The summed E-state index contributed by atoms with van der Waals surface area (Å²) in [5.74, 6) is -0.662. The fourth-order valence-electron chi connectivity index (χ4n) is 2.24. The van der Waals surface area contributed by atoms with Crippen LogP contribution in [0.3, 0.4) is 0 Å². The van der Waals surface area contributed by atoms with Crippen molar-refractivity contribution < 1.29 is 22.8 Å². The Morgan fingerprint density at radius 1 is 1.00 bits per heavy atom. The maximum absolute atomic E-state index is 12.7. The summed E-state index contributed by atoms with van der Waals surface area (Å²) < 4.78 is 38.0. The Balaban J connectivity index is 1.88. The van der Waals surface area contributed by atoms with E-state index in [4.69, 9.17) is 0 Å². The molecule has 2 rings (SSSR count). The van der Waals surface area contributed by atoms with Gasteiger partial charge in [0.05, 0.1) is 12.1 Å². The van der Waals surface area contributed by atoms with E-state index in [1.165, 1.54) is 12.1 Å². The molecule has 0 saturated carbocycles. The monoisotopic (exact) mass is 379 g/mol. The lowest BCUT2D eigenvalue weighted by atomic mass is 10.2. The summed E-state index contributed by atoms with van der Waals surface area (Å²) in [7, 11) is 0. The topological polar surface area (TPSA) is 70.2 Å². The number of carbonyl (C=O) groups is 2. The molecule has 0 atom stereocenters. The molecule has 0 radical (unpaired) electrons. The summed E-state index contributed by atoms with van der Waals surface area (Å²) in [5.41, 5.74) is 0.355. The molecule has 0 aromatic heterocycles. The largest absolute Gasteiger partial charge is 0.416 e. The highest BCUT2D eigenvalue weighted by molar-refractivity contribution is 5.95. The van der Waals surface area contributed by atoms with E-state index in [1.807, 2.05) is 6.92 Å². The van der Waals surface area contributed by atoms with Crippen LogP contribution in [0.15, 0.2) is 48.5 Å². The van der Waals surface area contributed by atoms with Crippen molar-refractivity contribution in [2.75, 3.05) is 23.7 Å². The lowest BCUT2D eigenvalue weighted by molar-refractivity contribution is -0.137. The highest BCUT2D eigenvalue weighted by atomic mass is 19.4. The second kappa shape index (κ2) is 9.07. The molecule has 27 heavy (non-hydrogen) atoms. The van der Waals surface area contributed by atoms with Crippen LogP contribution < -0.4 is 16.0 Å². The number of hydrogen-bond acceptors (Lipinski definition) is 3. The van der Waals surface area contributed by atoms with E-state index in [2.05, 4.69) is 16.0 Å². The minimum absolute atomic E-state index is 0.0690. The Hall–Kier alpha value is -3.03. The van der Waals surface area contributed by atoms with Crippen molar-refractivity contribution in [3.63, 3.8) is 0 Å². The van der Waals surface area contributed by atoms with Crippen molar-refractivity contribution in [3.05, 3.63) is 59.7 Å².